The Morgan fingerprint density at radius 2 is 1.91 bits per heavy atom. The molecular formula is C24H25FN4O5. The molecule has 0 radical (unpaired) electrons. The van der Waals surface area contributed by atoms with E-state index in [1.54, 1.807) is 13.1 Å². The summed E-state index contributed by atoms with van der Waals surface area (Å²) in [5.74, 6) is -1.47. The number of carbonyl (C=O) groups is 3. The van der Waals surface area contributed by atoms with Crippen molar-refractivity contribution in [2.24, 2.45) is 10.5 Å². The molecule has 34 heavy (non-hydrogen) atoms. The number of benzene rings is 2. The number of nitrogens with one attached hydrogen (secondary N) is 1. The Morgan fingerprint density at radius 3 is 2.62 bits per heavy atom. The molecule has 178 valence electrons. The third-order valence-electron chi connectivity index (χ3n) is 6.10. The molecule has 9 nitrogen and oxygen atoms in total. The molecular weight excluding hydrogens is 443 g/mol. The van der Waals surface area contributed by atoms with Gasteiger partial charge in [-0.05, 0) is 24.1 Å². The van der Waals surface area contributed by atoms with Crippen molar-refractivity contribution in [3.8, 4) is 5.75 Å². The lowest BCUT2D eigenvalue weighted by atomic mass is 9.73. The molecule has 1 saturated heterocycles. The minimum atomic E-state index is -1.41. The largest absolute Gasteiger partial charge is 0.488 e. The second-order valence-corrected chi connectivity index (χ2v) is 8.37. The Hall–Kier alpha value is -3.95. The Balaban J connectivity index is 1.56. The summed E-state index contributed by atoms with van der Waals surface area (Å²) >= 11 is 0. The van der Waals surface area contributed by atoms with E-state index >= 15 is 0 Å². The number of hydrogen-bond acceptors (Lipinski definition) is 5. The van der Waals surface area contributed by atoms with Crippen LogP contribution in [0.5, 0.6) is 5.75 Å². The maximum absolute atomic E-state index is 13.9. The van der Waals surface area contributed by atoms with Gasteiger partial charge in [-0.15, -0.1) is 0 Å². The molecule has 3 amide bonds. The first kappa shape index (κ1) is 23.2. The smallest absolute Gasteiger partial charge is 0.405 e. The first-order valence-corrected chi connectivity index (χ1v) is 10.9. The van der Waals surface area contributed by atoms with Crippen LogP contribution >= 0.6 is 0 Å². The summed E-state index contributed by atoms with van der Waals surface area (Å²) in [5.41, 5.74) is 0.610. The van der Waals surface area contributed by atoms with E-state index in [0.29, 0.717) is 18.6 Å². The molecule has 0 unspecified atom stereocenters. The Kier molecular flexibility index (Phi) is 6.49. The highest BCUT2D eigenvalue weighted by Gasteiger charge is 2.53. The van der Waals surface area contributed by atoms with Gasteiger partial charge in [0.2, 0.25) is 5.91 Å². The van der Waals surface area contributed by atoms with Crippen molar-refractivity contribution in [3.63, 3.8) is 0 Å². The lowest BCUT2D eigenvalue weighted by Crippen LogP contribution is -2.59. The third-order valence-corrected chi connectivity index (χ3v) is 6.10. The molecule has 2 N–H and O–H groups in total. The van der Waals surface area contributed by atoms with Gasteiger partial charge < -0.3 is 20.1 Å². The Morgan fingerprint density at radius 1 is 1.21 bits per heavy atom. The van der Waals surface area contributed by atoms with Crippen molar-refractivity contribution >= 4 is 23.6 Å². The van der Waals surface area contributed by atoms with Crippen LogP contribution in [0.1, 0.15) is 12.0 Å². The van der Waals surface area contributed by atoms with Crippen molar-refractivity contribution in [1.82, 2.24) is 15.2 Å². The van der Waals surface area contributed by atoms with Gasteiger partial charge in [0, 0.05) is 26.6 Å². The van der Waals surface area contributed by atoms with Crippen LogP contribution in [0.2, 0.25) is 0 Å². The zero-order valence-corrected chi connectivity index (χ0v) is 18.6. The summed E-state index contributed by atoms with van der Waals surface area (Å²) < 4.78 is 19.3. The number of ether oxygens (including phenoxy) is 1. The number of piperidine rings is 1. The second-order valence-electron chi connectivity index (χ2n) is 8.37. The lowest BCUT2D eigenvalue weighted by Gasteiger charge is -2.40. The summed E-state index contributed by atoms with van der Waals surface area (Å²) in [6.07, 6.45) is -0.671. The summed E-state index contributed by atoms with van der Waals surface area (Å²) in [5, 5.41) is 17.2. The topological polar surface area (TPSA) is 112 Å². The Bertz CT molecular complexity index is 1130. The molecule has 2 heterocycles. The predicted octanol–water partition coefficient (Wildman–Crippen LogP) is 2.13. The van der Waals surface area contributed by atoms with Gasteiger partial charge in [0.25, 0.3) is 5.91 Å². The zero-order valence-electron chi connectivity index (χ0n) is 18.6. The number of rotatable bonds is 7. The summed E-state index contributed by atoms with van der Waals surface area (Å²) in [6.45, 7) is -0.0733. The maximum atomic E-state index is 13.9. The second kappa shape index (κ2) is 9.50. The molecule has 10 heteroatoms. The monoisotopic (exact) mass is 468 g/mol. The maximum Gasteiger partial charge on any atom is 0.405 e. The van der Waals surface area contributed by atoms with Crippen molar-refractivity contribution in [1.29, 1.82) is 0 Å². The van der Waals surface area contributed by atoms with E-state index in [1.165, 1.54) is 28.1 Å². The highest BCUT2D eigenvalue weighted by Crippen LogP contribution is 2.38. The lowest BCUT2D eigenvalue weighted by molar-refractivity contribution is -0.141. The van der Waals surface area contributed by atoms with Gasteiger partial charge in [-0.2, -0.15) is 5.10 Å². The number of hydrazone groups is 1. The first-order valence-electron chi connectivity index (χ1n) is 10.9. The number of carboxylic acid groups (broad SMARTS) is 1. The van der Waals surface area contributed by atoms with Crippen LogP contribution in [0.25, 0.3) is 0 Å². The zero-order chi connectivity index (χ0) is 24.3. The van der Waals surface area contributed by atoms with Crippen molar-refractivity contribution in [3.05, 3.63) is 66.0 Å². The van der Waals surface area contributed by atoms with Crippen LogP contribution in [0, 0.1) is 11.2 Å². The van der Waals surface area contributed by atoms with Crippen LogP contribution in [-0.2, 0) is 16.0 Å². The van der Waals surface area contributed by atoms with E-state index in [0.717, 1.165) is 5.56 Å². The van der Waals surface area contributed by atoms with Gasteiger partial charge >= 0.3 is 6.09 Å². The molecule has 0 spiro atoms. The summed E-state index contributed by atoms with van der Waals surface area (Å²) in [4.78, 5) is 39.4. The van der Waals surface area contributed by atoms with E-state index in [4.69, 9.17) is 4.74 Å². The summed E-state index contributed by atoms with van der Waals surface area (Å²) in [7, 11) is 1.59. The molecule has 0 aromatic heterocycles. The molecule has 1 fully saturated rings. The number of nitrogens with zero attached hydrogens (tertiary/aromatic N) is 3. The SMILES string of the molecule is CN1N=C2CCN(C(=O)[C@@H](COc3ccccc3F)NC(=O)O)C[C@@]2(Cc2ccccc2)C1=O. The number of fused-ring (bicyclic) bond motifs is 1. The Labute approximate surface area is 195 Å². The third kappa shape index (κ3) is 4.57. The number of para-hydroxylation sites is 1. The molecule has 0 aliphatic carbocycles. The molecule has 4 rings (SSSR count). The van der Waals surface area contributed by atoms with Crippen LogP contribution in [0.15, 0.2) is 59.7 Å². The van der Waals surface area contributed by atoms with Gasteiger partial charge in [-0.1, -0.05) is 42.5 Å². The minimum Gasteiger partial charge on any atom is -0.488 e. The van der Waals surface area contributed by atoms with E-state index < -0.39 is 35.9 Å². The number of amides is 3. The van der Waals surface area contributed by atoms with E-state index in [-0.39, 0.29) is 24.7 Å². The van der Waals surface area contributed by atoms with E-state index in [2.05, 4.69) is 10.4 Å². The molecule has 0 bridgehead atoms. The van der Waals surface area contributed by atoms with Crippen LogP contribution in [-0.4, -0.2) is 71.4 Å². The fourth-order valence-corrected chi connectivity index (χ4v) is 4.49. The fraction of sp³-hybridized carbons (Fsp3) is 0.333. The highest BCUT2D eigenvalue weighted by molar-refractivity contribution is 6.13. The van der Waals surface area contributed by atoms with Crippen molar-refractivity contribution in [2.75, 3.05) is 26.7 Å². The number of carbonyl (C=O) groups excluding carboxylic acids is 2. The molecule has 2 aliphatic heterocycles. The number of hydrogen-bond donors (Lipinski definition) is 2. The van der Waals surface area contributed by atoms with Crippen LogP contribution in [0.3, 0.4) is 0 Å². The molecule has 2 aromatic rings. The van der Waals surface area contributed by atoms with Gasteiger partial charge in [0.05, 0.1) is 5.71 Å². The van der Waals surface area contributed by atoms with Crippen LogP contribution in [0.4, 0.5) is 9.18 Å². The highest BCUT2D eigenvalue weighted by atomic mass is 19.1. The van der Waals surface area contributed by atoms with Gasteiger partial charge in [0.15, 0.2) is 11.6 Å². The van der Waals surface area contributed by atoms with Crippen molar-refractivity contribution < 1.29 is 28.6 Å². The molecule has 2 atom stereocenters. The molecule has 2 aromatic carbocycles. The van der Waals surface area contributed by atoms with E-state index in [9.17, 15) is 23.9 Å². The van der Waals surface area contributed by atoms with Gasteiger partial charge in [-0.25, -0.2) is 14.2 Å². The normalized spacial score (nSPS) is 20.4. The summed E-state index contributed by atoms with van der Waals surface area (Å²) in [6, 6.07) is 13.9. The van der Waals surface area contributed by atoms with E-state index in [1.807, 2.05) is 30.3 Å². The minimum absolute atomic E-state index is 0.0558. The standard InChI is InChI=1S/C24H25FN4O5/c1-28-22(31)24(13-16-7-3-2-4-8-16)15-29(12-11-20(24)27-28)21(30)18(26-23(32)33)14-34-19-10-6-5-9-17(19)25/h2-10,18,26H,11-15H2,1H3,(H,32,33)/t18-,24-/m1/s1. The fourth-order valence-electron chi connectivity index (χ4n) is 4.49. The average Bonchev–Trinajstić information content (AvgIpc) is 3.06. The number of likely N-dealkylation sites (tertiary alicyclic amines) is 1. The van der Waals surface area contributed by atoms with Crippen LogP contribution < -0.4 is 10.1 Å². The van der Waals surface area contributed by atoms with Crippen molar-refractivity contribution in [2.45, 2.75) is 18.9 Å². The average molecular weight is 468 g/mol. The predicted molar refractivity (Wildman–Crippen MR) is 121 cm³/mol. The van der Waals surface area contributed by atoms with Gasteiger partial charge in [0.1, 0.15) is 18.1 Å². The first-order chi connectivity index (χ1) is 16.3. The van der Waals surface area contributed by atoms with Gasteiger partial charge in [-0.3, -0.25) is 9.59 Å². The molecule has 2 aliphatic rings. The molecule has 0 saturated carbocycles. The number of halogens is 1. The quantitative estimate of drug-likeness (QED) is 0.647.